The van der Waals surface area contributed by atoms with Crippen LogP contribution in [0.5, 0.6) is 11.5 Å². The monoisotopic (exact) mass is 469 g/mol. The Morgan fingerprint density at radius 2 is 1.77 bits per heavy atom. The van der Waals surface area contributed by atoms with Crippen molar-refractivity contribution in [2.45, 2.75) is 13.8 Å². The number of hydrogen-bond acceptors (Lipinski definition) is 6. The highest BCUT2D eigenvalue weighted by atomic mass is 16.5. The van der Waals surface area contributed by atoms with E-state index in [0.717, 1.165) is 5.56 Å². The van der Waals surface area contributed by atoms with Crippen molar-refractivity contribution in [1.82, 2.24) is 10.3 Å². The molecule has 0 spiro atoms. The van der Waals surface area contributed by atoms with Crippen LogP contribution in [-0.2, 0) is 0 Å². The van der Waals surface area contributed by atoms with Gasteiger partial charge in [-0.05, 0) is 74.0 Å². The maximum atomic E-state index is 13.2. The van der Waals surface area contributed by atoms with Crippen molar-refractivity contribution in [1.29, 1.82) is 0 Å². The molecule has 176 valence electrons. The number of amides is 3. The minimum atomic E-state index is -0.693. The molecule has 0 aliphatic rings. The minimum absolute atomic E-state index is 0.0334. The summed E-state index contributed by atoms with van der Waals surface area (Å²) >= 11 is 0. The topological polar surface area (TPSA) is 118 Å². The number of carbonyl (C=O) groups is 3. The third-order valence-corrected chi connectivity index (χ3v) is 5.44. The lowest BCUT2D eigenvalue weighted by Gasteiger charge is -2.12. The maximum Gasteiger partial charge on any atom is 0.326 e. The van der Waals surface area contributed by atoms with Crippen molar-refractivity contribution in [3.05, 3.63) is 83.4 Å². The molecule has 4 rings (SSSR count). The van der Waals surface area contributed by atoms with E-state index in [4.69, 9.17) is 4.74 Å². The van der Waals surface area contributed by atoms with Gasteiger partial charge < -0.3 is 15.2 Å². The molecule has 3 amide bonds. The molecule has 1 aromatic heterocycles. The van der Waals surface area contributed by atoms with Gasteiger partial charge in [0.15, 0.2) is 17.3 Å². The SMILES string of the molecule is COc1cc(-c2cc(C(=O)NC(=O)Nc3cccc(C)c3)c3cc(C(C)=O)ccc3n2)ccc1O. The average Bonchev–Trinajstić information content (AvgIpc) is 2.83. The van der Waals surface area contributed by atoms with Crippen LogP contribution < -0.4 is 15.4 Å². The van der Waals surface area contributed by atoms with Crippen molar-refractivity contribution in [2.75, 3.05) is 12.4 Å². The number of aromatic nitrogens is 1. The van der Waals surface area contributed by atoms with E-state index < -0.39 is 11.9 Å². The predicted molar refractivity (Wildman–Crippen MR) is 133 cm³/mol. The smallest absolute Gasteiger partial charge is 0.326 e. The molecular formula is C27H23N3O5. The Morgan fingerprint density at radius 1 is 0.971 bits per heavy atom. The third kappa shape index (κ3) is 5.11. The quantitative estimate of drug-likeness (QED) is 0.351. The summed E-state index contributed by atoms with van der Waals surface area (Å²) in [5, 5.41) is 15.3. The van der Waals surface area contributed by atoms with Crippen LogP contribution in [0, 0.1) is 6.92 Å². The van der Waals surface area contributed by atoms with Gasteiger partial charge in [0, 0.05) is 22.2 Å². The molecule has 4 aromatic rings. The highest BCUT2D eigenvalue weighted by Crippen LogP contribution is 2.32. The van der Waals surface area contributed by atoms with Gasteiger partial charge in [-0.25, -0.2) is 9.78 Å². The molecule has 8 heteroatoms. The van der Waals surface area contributed by atoms with Crippen molar-refractivity contribution in [3.8, 4) is 22.8 Å². The number of phenols is 1. The first-order valence-electron chi connectivity index (χ1n) is 10.8. The van der Waals surface area contributed by atoms with Crippen LogP contribution in [0.25, 0.3) is 22.2 Å². The van der Waals surface area contributed by atoms with Gasteiger partial charge in [-0.2, -0.15) is 0 Å². The zero-order valence-electron chi connectivity index (χ0n) is 19.4. The van der Waals surface area contributed by atoms with Crippen molar-refractivity contribution < 1.29 is 24.2 Å². The summed E-state index contributed by atoms with van der Waals surface area (Å²) < 4.78 is 5.18. The molecule has 0 saturated heterocycles. The van der Waals surface area contributed by atoms with Crippen LogP contribution in [0.1, 0.15) is 33.2 Å². The first kappa shape index (κ1) is 23.4. The lowest BCUT2D eigenvalue weighted by Crippen LogP contribution is -2.34. The summed E-state index contributed by atoms with van der Waals surface area (Å²) in [4.78, 5) is 42.3. The summed E-state index contributed by atoms with van der Waals surface area (Å²) in [7, 11) is 1.43. The normalized spacial score (nSPS) is 10.6. The van der Waals surface area contributed by atoms with Gasteiger partial charge in [-0.1, -0.05) is 12.1 Å². The van der Waals surface area contributed by atoms with E-state index in [1.54, 1.807) is 48.5 Å². The fourth-order valence-corrected chi connectivity index (χ4v) is 3.67. The number of phenolic OH excluding ortho intramolecular Hbond substituents is 1. The highest BCUT2D eigenvalue weighted by molar-refractivity contribution is 6.15. The number of pyridine rings is 1. The molecule has 0 saturated carbocycles. The first-order valence-corrected chi connectivity index (χ1v) is 10.8. The zero-order chi connectivity index (χ0) is 25.1. The van der Waals surface area contributed by atoms with Crippen LogP contribution in [0.2, 0.25) is 0 Å². The summed E-state index contributed by atoms with van der Waals surface area (Å²) in [5.41, 5.74) is 3.57. The molecule has 0 fully saturated rings. The number of ketones is 1. The number of urea groups is 1. The van der Waals surface area contributed by atoms with Crippen LogP contribution in [0.4, 0.5) is 10.5 Å². The Morgan fingerprint density at radius 3 is 2.49 bits per heavy atom. The number of fused-ring (bicyclic) bond motifs is 1. The van der Waals surface area contributed by atoms with Crippen molar-refractivity contribution >= 4 is 34.3 Å². The molecule has 0 aliphatic carbocycles. The van der Waals surface area contributed by atoms with E-state index in [1.807, 2.05) is 13.0 Å². The Hall–Kier alpha value is -4.72. The lowest BCUT2D eigenvalue weighted by atomic mass is 10.0. The Bertz CT molecular complexity index is 1480. The molecule has 0 radical (unpaired) electrons. The Kier molecular flexibility index (Phi) is 6.46. The molecule has 0 bridgehead atoms. The molecule has 0 unspecified atom stereocenters. The van der Waals surface area contributed by atoms with Crippen LogP contribution in [0.15, 0.2) is 66.7 Å². The molecular weight excluding hydrogens is 446 g/mol. The number of ether oxygens (including phenoxy) is 1. The van der Waals surface area contributed by atoms with Gasteiger partial charge >= 0.3 is 6.03 Å². The van der Waals surface area contributed by atoms with Gasteiger partial charge in [-0.3, -0.25) is 14.9 Å². The largest absolute Gasteiger partial charge is 0.504 e. The van der Waals surface area contributed by atoms with E-state index >= 15 is 0 Å². The third-order valence-electron chi connectivity index (χ3n) is 5.44. The highest BCUT2D eigenvalue weighted by Gasteiger charge is 2.18. The van der Waals surface area contributed by atoms with E-state index in [2.05, 4.69) is 15.6 Å². The number of aromatic hydroxyl groups is 1. The number of methoxy groups -OCH3 is 1. The van der Waals surface area contributed by atoms with Gasteiger partial charge in [0.25, 0.3) is 5.91 Å². The molecule has 0 atom stereocenters. The fraction of sp³-hybridized carbons (Fsp3) is 0.111. The van der Waals surface area contributed by atoms with Crippen LogP contribution in [0.3, 0.4) is 0 Å². The number of nitrogens with zero attached hydrogens (tertiary/aromatic N) is 1. The van der Waals surface area contributed by atoms with Crippen molar-refractivity contribution in [2.24, 2.45) is 0 Å². The summed E-state index contributed by atoms with van der Waals surface area (Å²) in [6, 6.07) is 17.6. The minimum Gasteiger partial charge on any atom is -0.504 e. The molecule has 35 heavy (non-hydrogen) atoms. The van der Waals surface area contributed by atoms with Gasteiger partial charge in [0.05, 0.1) is 23.9 Å². The standard InChI is InChI=1S/C27H23N3O5/c1-15-5-4-6-19(11-15)28-27(34)30-26(33)21-14-23(18-8-10-24(32)25(13-18)35-3)29-22-9-7-17(16(2)31)12-20(21)22/h4-14,32H,1-3H3,(H2,28,30,33,34). The van der Waals surface area contributed by atoms with Crippen LogP contribution in [-0.4, -0.2) is 34.9 Å². The Labute approximate surface area is 201 Å². The van der Waals surface area contributed by atoms with Gasteiger partial charge in [-0.15, -0.1) is 0 Å². The second kappa shape index (κ2) is 9.64. The van der Waals surface area contributed by atoms with E-state index in [-0.39, 0.29) is 22.8 Å². The number of rotatable bonds is 5. The maximum absolute atomic E-state index is 13.2. The second-order valence-corrected chi connectivity index (χ2v) is 8.01. The summed E-state index contributed by atoms with van der Waals surface area (Å²) in [5.74, 6) is -0.605. The number of Topliss-reactive ketones (excluding diaryl/α,β-unsaturated/α-hetero) is 1. The zero-order valence-corrected chi connectivity index (χ0v) is 19.4. The lowest BCUT2D eigenvalue weighted by molar-refractivity contribution is 0.0966. The average molecular weight is 469 g/mol. The van der Waals surface area contributed by atoms with E-state index in [0.29, 0.717) is 33.4 Å². The van der Waals surface area contributed by atoms with E-state index in [9.17, 15) is 19.5 Å². The van der Waals surface area contributed by atoms with E-state index in [1.165, 1.54) is 26.2 Å². The summed E-state index contributed by atoms with van der Waals surface area (Å²) in [6.07, 6.45) is 0. The number of imide groups is 1. The van der Waals surface area contributed by atoms with Gasteiger partial charge in [0.2, 0.25) is 0 Å². The fourth-order valence-electron chi connectivity index (χ4n) is 3.67. The number of carbonyl (C=O) groups excluding carboxylic acids is 3. The molecule has 3 N–H and O–H groups in total. The number of benzene rings is 3. The summed E-state index contributed by atoms with van der Waals surface area (Å²) in [6.45, 7) is 3.32. The number of hydrogen-bond donors (Lipinski definition) is 3. The molecule has 3 aromatic carbocycles. The Balaban J connectivity index is 1.76. The number of aryl methyl sites for hydroxylation is 1. The second-order valence-electron chi connectivity index (χ2n) is 8.01. The molecule has 0 aliphatic heterocycles. The number of anilines is 1. The van der Waals surface area contributed by atoms with Crippen LogP contribution >= 0.6 is 0 Å². The van der Waals surface area contributed by atoms with Crippen molar-refractivity contribution in [3.63, 3.8) is 0 Å². The molecule has 8 nitrogen and oxygen atoms in total. The van der Waals surface area contributed by atoms with Gasteiger partial charge in [0.1, 0.15) is 0 Å². The molecule has 1 heterocycles. The predicted octanol–water partition coefficient (Wildman–Crippen LogP) is 5.09. The first-order chi connectivity index (χ1) is 16.7. The number of nitrogens with one attached hydrogen (secondary N) is 2.